The Morgan fingerprint density at radius 1 is 1.04 bits per heavy atom. The van der Waals surface area contributed by atoms with Gasteiger partial charge in [-0.15, -0.1) is 0 Å². The van der Waals surface area contributed by atoms with Crippen molar-refractivity contribution in [3.8, 4) is 0 Å². The first-order chi connectivity index (χ1) is 12.9. The minimum absolute atomic E-state index is 0.0332. The average Bonchev–Trinajstić information content (AvgIpc) is 3.24. The largest absolute Gasteiger partial charge is 0.481 e. The third-order valence-electron chi connectivity index (χ3n) is 5.86. The highest BCUT2D eigenvalue weighted by Crippen LogP contribution is 2.39. The van der Waals surface area contributed by atoms with Crippen molar-refractivity contribution in [2.75, 3.05) is 0 Å². The third-order valence-corrected chi connectivity index (χ3v) is 5.86. The van der Waals surface area contributed by atoms with E-state index in [2.05, 4.69) is 0 Å². The quantitative estimate of drug-likeness (QED) is 0.386. The number of aliphatic hydroxyl groups excluding tert-OH is 3. The first-order valence-electron chi connectivity index (χ1n) is 10.1. The van der Waals surface area contributed by atoms with Gasteiger partial charge in [-0.25, -0.2) is 0 Å². The van der Waals surface area contributed by atoms with Crippen molar-refractivity contribution in [3.63, 3.8) is 0 Å². The molecule has 0 aromatic rings. The number of Topliss-reactive ketones (excluding diaryl/α,β-unsaturated/α-hetero) is 1. The second-order valence-corrected chi connectivity index (χ2v) is 7.83. The van der Waals surface area contributed by atoms with Crippen LogP contribution in [-0.2, 0) is 9.59 Å². The zero-order valence-electron chi connectivity index (χ0n) is 15.8. The minimum Gasteiger partial charge on any atom is -0.481 e. The van der Waals surface area contributed by atoms with Crippen molar-refractivity contribution in [1.82, 2.24) is 0 Å². The Kier molecular flexibility index (Phi) is 8.67. The van der Waals surface area contributed by atoms with E-state index < -0.39 is 24.3 Å². The summed E-state index contributed by atoms with van der Waals surface area (Å²) in [6.45, 7) is 0. The zero-order chi connectivity index (χ0) is 19.8. The molecular weight excluding hydrogens is 348 g/mol. The number of unbranched alkanes of at least 4 members (excludes halogenated alkanes) is 3. The van der Waals surface area contributed by atoms with Gasteiger partial charge in [-0.3, -0.25) is 9.59 Å². The van der Waals surface area contributed by atoms with Crippen LogP contribution in [0.25, 0.3) is 0 Å². The minimum atomic E-state index is -1.06. The van der Waals surface area contributed by atoms with Crippen LogP contribution >= 0.6 is 0 Å². The van der Waals surface area contributed by atoms with Crippen molar-refractivity contribution in [2.24, 2.45) is 11.8 Å². The second kappa shape index (κ2) is 10.7. The molecule has 0 aromatic heterocycles. The summed E-state index contributed by atoms with van der Waals surface area (Å²) in [6.07, 6.45) is 9.15. The molecule has 0 radical (unpaired) electrons. The molecule has 4 N–H and O–H groups in total. The highest BCUT2D eigenvalue weighted by molar-refractivity contribution is 5.99. The van der Waals surface area contributed by atoms with Gasteiger partial charge >= 0.3 is 5.97 Å². The summed E-state index contributed by atoms with van der Waals surface area (Å²) in [5, 5.41) is 39.4. The van der Waals surface area contributed by atoms with Crippen LogP contribution in [0, 0.1) is 11.8 Å². The molecule has 2 rings (SSSR count). The number of carboxylic acids is 1. The van der Waals surface area contributed by atoms with Gasteiger partial charge in [0.1, 0.15) is 6.10 Å². The van der Waals surface area contributed by atoms with Crippen molar-refractivity contribution in [3.05, 3.63) is 23.8 Å². The number of carbonyl (C=O) groups excluding carboxylic acids is 1. The third kappa shape index (κ3) is 6.55. The Hall–Kier alpha value is -1.50. The maximum atomic E-state index is 12.2. The van der Waals surface area contributed by atoms with Crippen LogP contribution in [0.3, 0.4) is 0 Å². The van der Waals surface area contributed by atoms with E-state index in [1.165, 1.54) is 0 Å². The maximum Gasteiger partial charge on any atom is 0.303 e. The van der Waals surface area contributed by atoms with E-state index >= 15 is 0 Å². The lowest BCUT2D eigenvalue weighted by Gasteiger charge is -2.24. The van der Waals surface area contributed by atoms with Crippen molar-refractivity contribution in [1.29, 1.82) is 0 Å². The SMILES string of the molecule is O=C(O)CCCCCC[C@@H]1[C@@H](CCC(O)C(=O)C2=CC=CC2)[C@H](O)C[C@@H]1O. The number of allylic oxidation sites excluding steroid dienone is 3. The van der Waals surface area contributed by atoms with E-state index in [0.29, 0.717) is 37.7 Å². The summed E-state index contributed by atoms with van der Waals surface area (Å²) < 4.78 is 0. The lowest BCUT2D eigenvalue weighted by atomic mass is 9.84. The standard InChI is InChI=1S/C21H32O6/c22-17(21(27)14-7-5-6-8-14)12-11-16-15(18(23)13-19(16)24)9-3-1-2-4-10-20(25)26/h5-7,15-19,22-24H,1-4,8-13H2,(H,25,26)/t15-,16-,17?,18+,19-/m1/s1. The molecular formula is C21H32O6. The van der Waals surface area contributed by atoms with Gasteiger partial charge < -0.3 is 20.4 Å². The molecule has 0 saturated heterocycles. The van der Waals surface area contributed by atoms with Gasteiger partial charge in [0, 0.05) is 12.0 Å². The summed E-state index contributed by atoms with van der Waals surface area (Å²) in [5.74, 6) is -1.17. The van der Waals surface area contributed by atoms with E-state index in [1.54, 1.807) is 6.08 Å². The predicted octanol–water partition coefficient (Wildman–Crippen LogP) is 2.37. The molecule has 0 aromatic carbocycles. The van der Waals surface area contributed by atoms with E-state index in [9.17, 15) is 24.9 Å². The highest BCUT2D eigenvalue weighted by atomic mass is 16.4. The van der Waals surface area contributed by atoms with Crippen LogP contribution in [0.5, 0.6) is 0 Å². The Bertz CT molecular complexity index is 567. The van der Waals surface area contributed by atoms with Gasteiger partial charge in [0.25, 0.3) is 0 Å². The van der Waals surface area contributed by atoms with Crippen molar-refractivity contribution in [2.45, 2.75) is 82.5 Å². The van der Waals surface area contributed by atoms with Crippen molar-refractivity contribution < 1.29 is 30.0 Å². The van der Waals surface area contributed by atoms with E-state index in [1.807, 2.05) is 12.2 Å². The molecule has 27 heavy (non-hydrogen) atoms. The van der Waals surface area contributed by atoms with Gasteiger partial charge in [-0.1, -0.05) is 37.5 Å². The lowest BCUT2D eigenvalue weighted by molar-refractivity contribution is -0.137. The first kappa shape index (κ1) is 21.8. The molecule has 0 aliphatic heterocycles. The van der Waals surface area contributed by atoms with Crippen LogP contribution in [0.15, 0.2) is 23.8 Å². The first-order valence-corrected chi connectivity index (χ1v) is 10.1. The fourth-order valence-electron chi connectivity index (χ4n) is 4.32. The molecule has 0 heterocycles. The van der Waals surface area contributed by atoms with Gasteiger partial charge in [0.15, 0.2) is 5.78 Å². The Morgan fingerprint density at radius 2 is 1.70 bits per heavy atom. The Balaban J connectivity index is 1.75. The second-order valence-electron chi connectivity index (χ2n) is 7.83. The topological polar surface area (TPSA) is 115 Å². The molecule has 6 heteroatoms. The molecule has 0 amide bonds. The monoisotopic (exact) mass is 380 g/mol. The number of hydrogen-bond acceptors (Lipinski definition) is 5. The Labute approximate surface area is 160 Å². The molecule has 0 bridgehead atoms. The molecule has 0 spiro atoms. The number of aliphatic hydroxyl groups is 3. The summed E-state index contributed by atoms with van der Waals surface area (Å²) in [6, 6.07) is 0. The van der Waals surface area contributed by atoms with E-state index in [0.717, 1.165) is 25.7 Å². The summed E-state index contributed by atoms with van der Waals surface area (Å²) >= 11 is 0. The number of aliphatic carboxylic acids is 1. The Morgan fingerprint density at radius 3 is 2.33 bits per heavy atom. The predicted molar refractivity (Wildman–Crippen MR) is 101 cm³/mol. The smallest absolute Gasteiger partial charge is 0.303 e. The molecule has 2 aliphatic rings. The van der Waals surface area contributed by atoms with Gasteiger partial charge in [-0.05, 0) is 50.4 Å². The maximum absolute atomic E-state index is 12.2. The zero-order valence-corrected chi connectivity index (χ0v) is 15.8. The van der Waals surface area contributed by atoms with Gasteiger partial charge in [-0.2, -0.15) is 0 Å². The fraction of sp³-hybridized carbons (Fsp3) is 0.714. The van der Waals surface area contributed by atoms with Crippen LogP contribution < -0.4 is 0 Å². The van der Waals surface area contributed by atoms with Gasteiger partial charge in [0.05, 0.1) is 12.2 Å². The molecule has 6 nitrogen and oxygen atoms in total. The number of rotatable bonds is 12. The summed E-state index contributed by atoms with van der Waals surface area (Å²) in [5.41, 5.74) is 0.618. The van der Waals surface area contributed by atoms with E-state index in [-0.39, 0.29) is 24.0 Å². The summed E-state index contributed by atoms with van der Waals surface area (Å²) in [4.78, 5) is 22.7. The lowest BCUT2D eigenvalue weighted by Crippen LogP contribution is -2.27. The number of carbonyl (C=O) groups is 2. The fourth-order valence-corrected chi connectivity index (χ4v) is 4.32. The average molecular weight is 380 g/mol. The number of ketones is 1. The normalized spacial score (nSPS) is 28.3. The van der Waals surface area contributed by atoms with E-state index in [4.69, 9.17) is 5.11 Å². The van der Waals surface area contributed by atoms with Crippen molar-refractivity contribution >= 4 is 11.8 Å². The molecule has 1 unspecified atom stereocenters. The molecule has 1 fully saturated rings. The number of carboxylic acid groups (broad SMARTS) is 1. The summed E-state index contributed by atoms with van der Waals surface area (Å²) in [7, 11) is 0. The van der Waals surface area contributed by atoms with Crippen LogP contribution in [-0.4, -0.2) is 50.5 Å². The number of hydrogen-bond donors (Lipinski definition) is 4. The highest BCUT2D eigenvalue weighted by Gasteiger charge is 2.41. The van der Waals surface area contributed by atoms with Crippen LogP contribution in [0.1, 0.15) is 64.2 Å². The molecule has 1 saturated carbocycles. The molecule has 2 aliphatic carbocycles. The molecule has 5 atom stereocenters. The molecule has 152 valence electrons. The van der Waals surface area contributed by atoms with Crippen LogP contribution in [0.4, 0.5) is 0 Å². The van der Waals surface area contributed by atoms with Crippen LogP contribution in [0.2, 0.25) is 0 Å². The van der Waals surface area contributed by atoms with Gasteiger partial charge in [0.2, 0.25) is 0 Å².